The molecule has 0 aliphatic rings. The summed E-state index contributed by atoms with van der Waals surface area (Å²) in [6, 6.07) is 3.03. The van der Waals surface area contributed by atoms with Crippen LogP contribution < -0.4 is 0 Å². The van der Waals surface area contributed by atoms with E-state index in [1.165, 1.54) is 6.07 Å². The average molecular weight is 209 g/mol. The number of carbonyl (C=O) groups is 1. The van der Waals surface area contributed by atoms with E-state index in [2.05, 4.69) is 0 Å². The summed E-state index contributed by atoms with van der Waals surface area (Å²) in [7, 11) is 0. The fraction of sp³-hybridized carbons (Fsp3) is 0. The molecule has 0 spiro atoms. The molecule has 0 aliphatic carbocycles. The summed E-state index contributed by atoms with van der Waals surface area (Å²) >= 11 is 0. The van der Waals surface area contributed by atoms with Gasteiger partial charge in [-0.1, -0.05) is 0 Å². The van der Waals surface area contributed by atoms with Gasteiger partial charge in [-0.3, -0.25) is 0 Å². The molecule has 0 aliphatic heterocycles. The highest BCUT2D eigenvalue weighted by Gasteiger charge is 2.08. The second-order valence-electron chi connectivity index (χ2n) is 2.64. The maximum Gasteiger partial charge on any atom is 0.328 e. The molecule has 0 heterocycles. The Kier molecular flexibility index (Phi) is 3.13. The van der Waals surface area contributed by atoms with Gasteiger partial charge in [0, 0.05) is 11.6 Å². The van der Waals surface area contributed by atoms with Crippen LogP contribution in [0.15, 0.2) is 18.2 Å². The Hall–Kier alpha value is -2.22. The van der Waals surface area contributed by atoms with Crippen molar-refractivity contribution in [3.05, 3.63) is 41.0 Å². The molecule has 0 bridgehead atoms. The number of aliphatic carboxylic acids is 1. The molecule has 1 N–H and O–H groups in total. The van der Waals surface area contributed by atoms with Crippen molar-refractivity contribution in [3.63, 3.8) is 0 Å². The summed E-state index contributed by atoms with van der Waals surface area (Å²) in [5.74, 6) is -3.01. The Morgan fingerprint density at radius 3 is 2.67 bits per heavy atom. The van der Waals surface area contributed by atoms with Gasteiger partial charge < -0.3 is 5.11 Å². The third-order valence-electron chi connectivity index (χ3n) is 1.59. The summed E-state index contributed by atoms with van der Waals surface area (Å²) in [6.45, 7) is 0. The first-order valence-electron chi connectivity index (χ1n) is 3.84. The lowest BCUT2D eigenvalue weighted by Crippen LogP contribution is -1.92. The van der Waals surface area contributed by atoms with Gasteiger partial charge in [-0.05, 0) is 18.2 Å². The first-order chi connectivity index (χ1) is 7.04. The number of hydrogen-bond donors (Lipinski definition) is 1. The third kappa shape index (κ3) is 2.61. The minimum absolute atomic E-state index is 0.269. The maximum atomic E-state index is 13.3. The van der Waals surface area contributed by atoms with E-state index in [1.807, 2.05) is 0 Å². The van der Waals surface area contributed by atoms with Crippen LogP contribution in [-0.2, 0) is 4.79 Å². The van der Waals surface area contributed by atoms with Crippen LogP contribution in [0.1, 0.15) is 11.1 Å². The zero-order chi connectivity index (χ0) is 11.4. The highest BCUT2D eigenvalue weighted by Crippen LogP contribution is 2.16. The number of halogens is 2. The third-order valence-corrected chi connectivity index (χ3v) is 1.59. The van der Waals surface area contributed by atoms with Gasteiger partial charge in [-0.2, -0.15) is 5.26 Å². The standard InChI is InChI=1S/C10H5F2NO2/c11-8-3-6(1-2-9(14)15)10(12)7(4-8)5-13/h1-4H,(H,14,15)/b2-1+. The molecule has 0 fully saturated rings. The van der Waals surface area contributed by atoms with Crippen LogP contribution in [0.25, 0.3) is 6.08 Å². The van der Waals surface area contributed by atoms with E-state index < -0.39 is 23.2 Å². The van der Waals surface area contributed by atoms with Crippen LogP contribution in [-0.4, -0.2) is 11.1 Å². The highest BCUT2D eigenvalue weighted by atomic mass is 19.1. The van der Waals surface area contributed by atoms with E-state index in [0.29, 0.717) is 6.08 Å². The SMILES string of the molecule is N#Cc1cc(F)cc(/C=C/C(=O)O)c1F. The van der Waals surface area contributed by atoms with Crippen molar-refractivity contribution < 1.29 is 18.7 Å². The molecular weight excluding hydrogens is 204 g/mol. The molecule has 0 atom stereocenters. The molecule has 0 radical (unpaired) electrons. The normalized spacial score (nSPS) is 10.2. The van der Waals surface area contributed by atoms with Crippen molar-refractivity contribution in [2.24, 2.45) is 0 Å². The Bertz CT molecular complexity index is 475. The summed E-state index contributed by atoms with van der Waals surface area (Å²) < 4.78 is 26.1. The van der Waals surface area contributed by atoms with Crippen LogP contribution in [0.5, 0.6) is 0 Å². The van der Waals surface area contributed by atoms with Crippen LogP contribution in [0.2, 0.25) is 0 Å². The molecule has 3 nitrogen and oxygen atoms in total. The van der Waals surface area contributed by atoms with Crippen molar-refractivity contribution >= 4 is 12.0 Å². The number of nitrogens with zero attached hydrogens (tertiary/aromatic N) is 1. The average Bonchev–Trinajstić information content (AvgIpc) is 2.18. The lowest BCUT2D eigenvalue weighted by Gasteiger charge is -1.99. The fourth-order valence-corrected chi connectivity index (χ4v) is 0.974. The zero-order valence-electron chi connectivity index (χ0n) is 7.37. The number of carboxylic acids is 1. The summed E-state index contributed by atoms with van der Waals surface area (Å²) in [6.07, 6.45) is 1.56. The number of rotatable bonds is 2. The Labute approximate surface area is 83.9 Å². The van der Waals surface area contributed by atoms with Gasteiger partial charge in [-0.25, -0.2) is 13.6 Å². The lowest BCUT2D eigenvalue weighted by molar-refractivity contribution is -0.131. The Balaban J connectivity index is 3.25. The van der Waals surface area contributed by atoms with E-state index in [4.69, 9.17) is 10.4 Å². The molecule has 1 aromatic rings. The summed E-state index contributed by atoms with van der Waals surface area (Å²) in [4.78, 5) is 10.2. The second-order valence-corrected chi connectivity index (χ2v) is 2.64. The van der Waals surface area contributed by atoms with Gasteiger partial charge >= 0.3 is 5.97 Å². The zero-order valence-corrected chi connectivity index (χ0v) is 7.37. The molecule has 0 aromatic heterocycles. The minimum atomic E-state index is -1.28. The van der Waals surface area contributed by atoms with Crippen LogP contribution in [0, 0.1) is 23.0 Å². The largest absolute Gasteiger partial charge is 0.478 e. The predicted octanol–water partition coefficient (Wildman–Crippen LogP) is 1.93. The van der Waals surface area contributed by atoms with Crippen molar-refractivity contribution in [3.8, 4) is 6.07 Å². The van der Waals surface area contributed by atoms with E-state index >= 15 is 0 Å². The number of carboxylic acid groups (broad SMARTS) is 1. The van der Waals surface area contributed by atoms with E-state index in [0.717, 1.165) is 18.2 Å². The molecule has 5 heteroatoms. The van der Waals surface area contributed by atoms with Crippen molar-refractivity contribution in [1.82, 2.24) is 0 Å². The summed E-state index contributed by atoms with van der Waals surface area (Å²) in [5.41, 5.74) is -0.728. The van der Waals surface area contributed by atoms with E-state index in [9.17, 15) is 13.6 Å². The van der Waals surface area contributed by atoms with Gasteiger partial charge in [0.25, 0.3) is 0 Å². The van der Waals surface area contributed by atoms with Gasteiger partial charge in [0.05, 0.1) is 5.56 Å². The second kappa shape index (κ2) is 4.33. The van der Waals surface area contributed by atoms with Gasteiger partial charge in [0.1, 0.15) is 17.7 Å². The first kappa shape index (κ1) is 10.9. The molecular formula is C10H5F2NO2. The Morgan fingerprint density at radius 1 is 1.47 bits per heavy atom. The molecule has 1 aromatic carbocycles. The monoisotopic (exact) mass is 209 g/mol. The summed E-state index contributed by atoms with van der Waals surface area (Å²) in [5, 5.41) is 16.7. The molecule has 0 unspecified atom stereocenters. The molecule has 0 saturated heterocycles. The predicted molar refractivity (Wildman–Crippen MR) is 47.7 cm³/mol. The van der Waals surface area contributed by atoms with Crippen molar-refractivity contribution in [1.29, 1.82) is 5.26 Å². The van der Waals surface area contributed by atoms with Gasteiger partial charge in [-0.15, -0.1) is 0 Å². The van der Waals surface area contributed by atoms with Crippen molar-refractivity contribution in [2.75, 3.05) is 0 Å². The number of benzene rings is 1. The van der Waals surface area contributed by atoms with Gasteiger partial charge in [0.15, 0.2) is 0 Å². The van der Waals surface area contributed by atoms with Crippen LogP contribution >= 0.6 is 0 Å². The molecule has 0 amide bonds. The quantitative estimate of drug-likeness (QED) is 0.757. The van der Waals surface area contributed by atoms with Crippen molar-refractivity contribution in [2.45, 2.75) is 0 Å². The van der Waals surface area contributed by atoms with Crippen LogP contribution in [0.4, 0.5) is 8.78 Å². The first-order valence-corrected chi connectivity index (χ1v) is 3.84. The lowest BCUT2D eigenvalue weighted by atomic mass is 10.1. The van der Waals surface area contributed by atoms with E-state index in [1.54, 1.807) is 0 Å². The topological polar surface area (TPSA) is 61.1 Å². The van der Waals surface area contributed by atoms with Gasteiger partial charge in [0.2, 0.25) is 0 Å². The highest BCUT2D eigenvalue weighted by molar-refractivity contribution is 5.85. The van der Waals surface area contributed by atoms with Crippen LogP contribution in [0.3, 0.4) is 0 Å². The number of hydrogen-bond acceptors (Lipinski definition) is 2. The molecule has 15 heavy (non-hydrogen) atoms. The van der Waals surface area contributed by atoms with E-state index in [-0.39, 0.29) is 5.56 Å². The maximum absolute atomic E-state index is 13.3. The fourth-order valence-electron chi connectivity index (χ4n) is 0.974. The Morgan fingerprint density at radius 2 is 2.13 bits per heavy atom. The number of nitriles is 1. The minimum Gasteiger partial charge on any atom is -0.478 e. The molecule has 1 rings (SSSR count). The molecule has 0 saturated carbocycles. The molecule has 76 valence electrons. The smallest absolute Gasteiger partial charge is 0.328 e.